The number of rotatable bonds is 5. The van der Waals surface area contributed by atoms with Gasteiger partial charge in [0.05, 0.1) is 23.7 Å². The molecule has 0 amide bonds. The number of hydrogen-bond acceptors (Lipinski definition) is 4. The lowest BCUT2D eigenvalue weighted by Gasteiger charge is -2.31. The van der Waals surface area contributed by atoms with Gasteiger partial charge in [0.15, 0.2) is 9.84 Å². The first kappa shape index (κ1) is 14.2. The van der Waals surface area contributed by atoms with Crippen LogP contribution in [0.15, 0.2) is 0 Å². The van der Waals surface area contributed by atoms with Gasteiger partial charge >= 0.3 is 0 Å². The van der Waals surface area contributed by atoms with Gasteiger partial charge in [-0.2, -0.15) is 0 Å². The number of nitrogens with zero attached hydrogens (tertiary/aromatic N) is 1. The Hall–Kier alpha value is 0.160. The highest BCUT2D eigenvalue weighted by Gasteiger charge is 2.22. The Morgan fingerprint density at radius 2 is 2.19 bits per heavy atom. The van der Waals surface area contributed by atoms with Crippen LogP contribution in [0.2, 0.25) is 0 Å². The first-order valence-corrected chi connectivity index (χ1v) is 7.82. The van der Waals surface area contributed by atoms with E-state index >= 15 is 0 Å². The maximum atomic E-state index is 11.6. The van der Waals surface area contributed by atoms with Crippen molar-refractivity contribution in [2.45, 2.75) is 25.2 Å². The van der Waals surface area contributed by atoms with Crippen molar-refractivity contribution in [1.29, 1.82) is 0 Å². The molecular weight excluding hydrogens is 250 g/mol. The number of morpholine rings is 1. The molecule has 0 radical (unpaired) electrons. The molecule has 1 fully saturated rings. The lowest BCUT2D eigenvalue weighted by Crippen LogP contribution is -2.45. The van der Waals surface area contributed by atoms with Crippen LogP contribution in [-0.2, 0) is 14.6 Å². The lowest BCUT2D eigenvalue weighted by atomic mass is 10.3. The minimum absolute atomic E-state index is 0.0390. The highest BCUT2D eigenvalue weighted by Crippen LogP contribution is 2.08. The van der Waals surface area contributed by atoms with Crippen molar-refractivity contribution in [2.24, 2.45) is 0 Å². The summed E-state index contributed by atoms with van der Waals surface area (Å²) in [5, 5.41) is -0.294. The summed E-state index contributed by atoms with van der Waals surface area (Å²) in [5.74, 6) is 0.688. The standard InChI is InChI=1S/C10H20ClNO3S/c1-9(2)16(13,14)6-4-12-3-5-15-10(7-11)8-12/h9-10H,3-8H2,1-2H3. The number of sulfone groups is 1. The summed E-state index contributed by atoms with van der Waals surface area (Å²) in [4.78, 5) is 2.11. The third-order valence-electron chi connectivity index (χ3n) is 2.81. The van der Waals surface area contributed by atoms with E-state index in [1.807, 2.05) is 0 Å². The van der Waals surface area contributed by atoms with Crippen LogP contribution < -0.4 is 0 Å². The normalized spacial score (nSPS) is 23.9. The summed E-state index contributed by atoms with van der Waals surface area (Å²) in [6, 6.07) is 0. The molecule has 96 valence electrons. The molecule has 0 aromatic carbocycles. The van der Waals surface area contributed by atoms with E-state index in [-0.39, 0.29) is 17.1 Å². The summed E-state index contributed by atoms with van der Waals surface area (Å²) in [5.41, 5.74) is 0. The summed E-state index contributed by atoms with van der Waals surface area (Å²) in [7, 11) is -2.94. The summed E-state index contributed by atoms with van der Waals surface area (Å²) in [6.45, 7) is 6.18. The first-order valence-electron chi connectivity index (χ1n) is 5.57. The number of alkyl halides is 1. The van der Waals surface area contributed by atoms with Crippen LogP contribution in [0.1, 0.15) is 13.8 Å². The molecule has 4 nitrogen and oxygen atoms in total. The lowest BCUT2D eigenvalue weighted by molar-refractivity contribution is -0.0141. The van der Waals surface area contributed by atoms with Crippen molar-refractivity contribution < 1.29 is 13.2 Å². The molecule has 0 aromatic rings. The molecule has 0 bridgehead atoms. The zero-order valence-electron chi connectivity index (χ0n) is 9.86. The molecule has 1 atom stereocenters. The third-order valence-corrected chi connectivity index (χ3v) is 5.34. The number of halogens is 1. The molecule has 6 heteroatoms. The fraction of sp³-hybridized carbons (Fsp3) is 1.00. The van der Waals surface area contributed by atoms with Crippen molar-refractivity contribution in [3.05, 3.63) is 0 Å². The zero-order valence-corrected chi connectivity index (χ0v) is 11.4. The van der Waals surface area contributed by atoms with Crippen LogP contribution >= 0.6 is 11.6 Å². The Labute approximate surface area is 103 Å². The van der Waals surface area contributed by atoms with Gasteiger partial charge in [-0.05, 0) is 13.8 Å². The second-order valence-electron chi connectivity index (χ2n) is 4.36. The molecule has 1 unspecified atom stereocenters. The fourth-order valence-corrected chi connectivity index (χ4v) is 2.74. The van der Waals surface area contributed by atoms with Crippen LogP contribution in [0.4, 0.5) is 0 Å². The summed E-state index contributed by atoms with van der Waals surface area (Å²) >= 11 is 5.72. The third kappa shape index (κ3) is 4.20. The van der Waals surface area contributed by atoms with Crippen LogP contribution in [0.5, 0.6) is 0 Å². The maximum Gasteiger partial charge on any atom is 0.153 e. The maximum absolute atomic E-state index is 11.6. The van der Waals surface area contributed by atoms with Crippen LogP contribution in [0.3, 0.4) is 0 Å². The van der Waals surface area contributed by atoms with Crippen molar-refractivity contribution in [1.82, 2.24) is 4.90 Å². The van der Waals surface area contributed by atoms with Gasteiger partial charge in [0.2, 0.25) is 0 Å². The molecule has 1 aliphatic heterocycles. The van der Waals surface area contributed by atoms with E-state index in [4.69, 9.17) is 16.3 Å². The predicted molar refractivity (Wildman–Crippen MR) is 65.8 cm³/mol. The van der Waals surface area contributed by atoms with Crippen molar-refractivity contribution in [3.8, 4) is 0 Å². The van der Waals surface area contributed by atoms with Crippen molar-refractivity contribution in [3.63, 3.8) is 0 Å². The van der Waals surface area contributed by atoms with Gasteiger partial charge in [-0.1, -0.05) is 0 Å². The highest BCUT2D eigenvalue weighted by molar-refractivity contribution is 7.92. The first-order chi connectivity index (χ1) is 7.45. The molecule has 1 saturated heterocycles. The molecule has 0 aromatic heterocycles. The Kier molecular flexibility index (Phi) is 5.50. The molecular formula is C10H20ClNO3S. The largest absolute Gasteiger partial charge is 0.374 e. The second-order valence-corrected chi connectivity index (χ2v) is 7.35. The Bertz CT molecular complexity index is 305. The minimum atomic E-state index is -2.94. The average molecular weight is 270 g/mol. The van der Waals surface area contributed by atoms with Crippen LogP contribution in [0, 0.1) is 0 Å². The minimum Gasteiger partial charge on any atom is -0.374 e. The topological polar surface area (TPSA) is 46.6 Å². The summed E-state index contributed by atoms with van der Waals surface area (Å²) in [6.07, 6.45) is 0.0390. The molecule has 0 spiro atoms. The fourth-order valence-electron chi connectivity index (χ4n) is 1.57. The smallest absolute Gasteiger partial charge is 0.153 e. The van der Waals surface area contributed by atoms with E-state index in [9.17, 15) is 8.42 Å². The van der Waals surface area contributed by atoms with Crippen molar-refractivity contribution >= 4 is 21.4 Å². The van der Waals surface area contributed by atoms with E-state index in [0.717, 1.165) is 13.1 Å². The average Bonchev–Trinajstić information content (AvgIpc) is 2.26. The Balaban J connectivity index is 2.38. The van der Waals surface area contributed by atoms with E-state index in [1.54, 1.807) is 13.8 Å². The molecule has 16 heavy (non-hydrogen) atoms. The van der Waals surface area contributed by atoms with E-state index in [2.05, 4.69) is 4.90 Å². The monoisotopic (exact) mass is 269 g/mol. The van der Waals surface area contributed by atoms with Gasteiger partial charge in [0.1, 0.15) is 0 Å². The van der Waals surface area contributed by atoms with E-state index in [1.165, 1.54) is 0 Å². The second kappa shape index (κ2) is 6.19. The Morgan fingerprint density at radius 1 is 1.50 bits per heavy atom. The summed E-state index contributed by atoms with van der Waals surface area (Å²) < 4.78 is 28.7. The SMILES string of the molecule is CC(C)S(=O)(=O)CCN1CCOC(CCl)C1. The van der Waals surface area contributed by atoms with Gasteiger partial charge in [-0.15, -0.1) is 11.6 Å². The van der Waals surface area contributed by atoms with Gasteiger partial charge in [-0.3, -0.25) is 4.90 Å². The molecule has 1 aliphatic rings. The van der Waals surface area contributed by atoms with Crippen molar-refractivity contribution in [2.75, 3.05) is 37.9 Å². The predicted octanol–water partition coefficient (Wildman–Crippen LogP) is 0.749. The van der Waals surface area contributed by atoms with Gasteiger partial charge in [0, 0.05) is 25.5 Å². The number of hydrogen-bond donors (Lipinski definition) is 0. The number of ether oxygens (including phenoxy) is 1. The van der Waals surface area contributed by atoms with Crippen LogP contribution in [0.25, 0.3) is 0 Å². The van der Waals surface area contributed by atoms with Crippen LogP contribution in [-0.4, -0.2) is 62.5 Å². The van der Waals surface area contributed by atoms with Gasteiger partial charge in [-0.25, -0.2) is 8.42 Å². The molecule has 0 N–H and O–H groups in total. The molecule has 1 rings (SSSR count). The Morgan fingerprint density at radius 3 is 2.75 bits per heavy atom. The van der Waals surface area contributed by atoms with Gasteiger partial charge in [0.25, 0.3) is 0 Å². The highest BCUT2D eigenvalue weighted by atomic mass is 35.5. The molecule has 1 heterocycles. The van der Waals surface area contributed by atoms with Gasteiger partial charge < -0.3 is 4.74 Å². The molecule has 0 aliphatic carbocycles. The van der Waals surface area contributed by atoms with E-state index < -0.39 is 9.84 Å². The quantitative estimate of drug-likeness (QED) is 0.691. The zero-order chi connectivity index (χ0) is 12.2. The van der Waals surface area contributed by atoms with E-state index in [0.29, 0.717) is 19.0 Å². The molecule has 0 saturated carbocycles.